The average molecular weight is 253 g/mol. The number of aliphatic hydroxyl groups is 1. The van der Waals surface area contributed by atoms with E-state index >= 15 is 0 Å². The highest BCUT2D eigenvalue weighted by atomic mass is 16.5. The summed E-state index contributed by atoms with van der Waals surface area (Å²) in [7, 11) is 0. The first-order valence-electron chi connectivity index (χ1n) is 6.39. The number of ether oxygens (including phenoxy) is 1. The minimum atomic E-state index is 0.0767. The molecule has 1 heterocycles. The van der Waals surface area contributed by atoms with E-state index in [9.17, 15) is 0 Å². The summed E-state index contributed by atoms with van der Waals surface area (Å²) < 4.78 is 5.49. The number of hydrogen-bond donors (Lipinski definition) is 2. The summed E-state index contributed by atoms with van der Waals surface area (Å²) in [6.07, 6.45) is 4.03. The van der Waals surface area contributed by atoms with Gasteiger partial charge in [-0.25, -0.2) is 0 Å². The summed E-state index contributed by atoms with van der Waals surface area (Å²) in [5, 5.41) is 12.3. The molecule has 0 radical (unpaired) electrons. The third-order valence-electron chi connectivity index (χ3n) is 2.55. The van der Waals surface area contributed by atoms with E-state index in [0.29, 0.717) is 24.0 Å². The quantitative estimate of drug-likeness (QED) is 0.778. The van der Waals surface area contributed by atoms with E-state index in [1.807, 2.05) is 13.8 Å². The molecule has 0 spiro atoms. The Morgan fingerprint density at radius 2 is 2.00 bits per heavy atom. The Morgan fingerprint density at radius 3 is 2.56 bits per heavy atom. The lowest BCUT2D eigenvalue weighted by atomic mass is 10.0. The van der Waals surface area contributed by atoms with Crippen molar-refractivity contribution in [1.82, 2.24) is 9.97 Å². The number of anilines is 1. The molecule has 0 aliphatic rings. The maximum Gasteiger partial charge on any atom is 0.234 e. The van der Waals surface area contributed by atoms with Crippen molar-refractivity contribution in [2.75, 3.05) is 11.9 Å². The highest BCUT2D eigenvalue weighted by Crippen LogP contribution is 2.15. The van der Waals surface area contributed by atoms with Gasteiger partial charge < -0.3 is 15.2 Å². The predicted octanol–water partition coefficient (Wildman–Crippen LogP) is 2.08. The second-order valence-electron chi connectivity index (χ2n) is 4.92. The first kappa shape index (κ1) is 14.7. The summed E-state index contributed by atoms with van der Waals surface area (Å²) in [5.41, 5.74) is 0. The van der Waals surface area contributed by atoms with E-state index in [0.717, 1.165) is 0 Å². The minimum absolute atomic E-state index is 0.0767. The molecule has 0 saturated carbocycles. The van der Waals surface area contributed by atoms with Crippen molar-refractivity contribution in [3.05, 3.63) is 12.4 Å². The fraction of sp³-hybridized carbons (Fsp3) is 0.692. The Balaban J connectivity index is 2.70. The van der Waals surface area contributed by atoms with Crippen LogP contribution in [0.15, 0.2) is 12.4 Å². The number of nitrogens with zero attached hydrogens (tertiary/aromatic N) is 2. The van der Waals surface area contributed by atoms with Crippen molar-refractivity contribution in [2.45, 2.75) is 46.3 Å². The minimum Gasteiger partial charge on any atom is -0.474 e. The molecule has 18 heavy (non-hydrogen) atoms. The van der Waals surface area contributed by atoms with Gasteiger partial charge in [-0.1, -0.05) is 13.8 Å². The van der Waals surface area contributed by atoms with Crippen LogP contribution >= 0.6 is 0 Å². The molecule has 5 heteroatoms. The molecule has 0 saturated heterocycles. The lowest BCUT2D eigenvalue weighted by molar-refractivity contribution is 0.231. The number of hydrogen-bond acceptors (Lipinski definition) is 5. The van der Waals surface area contributed by atoms with Gasteiger partial charge in [0.15, 0.2) is 0 Å². The Morgan fingerprint density at radius 1 is 1.28 bits per heavy atom. The molecular weight excluding hydrogens is 230 g/mol. The zero-order valence-electron chi connectivity index (χ0n) is 11.6. The lowest BCUT2D eigenvalue weighted by Crippen LogP contribution is -2.27. The second-order valence-corrected chi connectivity index (χ2v) is 4.92. The SMILES string of the molecule is CC(C)Oc1cncc(NC(CCO)C(C)C)n1. The maximum absolute atomic E-state index is 9.04. The van der Waals surface area contributed by atoms with Crippen molar-refractivity contribution >= 4 is 5.82 Å². The van der Waals surface area contributed by atoms with Crippen LogP contribution in [0.1, 0.15) is 34.1 Å². The van der Waals surface area contributed by atoms with Crippen LogP contribution in [0.2, 0.25) is 0 Å². The maximum atomic E-state index is 9.04. The Hall–Kier alpha value is -1.36. The largest absolute Gasteiger partial charge is 0.474 e. The van der Waals surface area contributed by atoms with E-state index in [-0.39, 0.29) is 18.8 Å². The third-order valence-corrected chi connectivity index (χ3v) is 2.55. The van der Waals surface area contributed by atoms with Gasteiger partial charge in [0, 0.05) is 12.6 Å². The van der Waals surface area contributed by atoms with Gasteiger partial charge in [0.25, 0.3) is 0 Å². The van der Waals surface area contributed by atoms with E-state index in [2.05, 4.69) is 29.1 Å². The van der Waals surface area contributed by atoms with Crippen LogP contribution in [0.3, 0.4) is 0 Å². The van der Waals surface area contributed by atoms with Crippen molar-refractivity contribution in [2.24, 2.45) is 5.92 Å². The van der Waals surface area contributed by atoms with Gasteiger partial charge in [0.2, 0.25) is 5.88 Å². The summed E-state index contributed by atoms with van der Waals surface area (Å²) in [6.45, 7) is 8.27. The van der Waals surface area contributed by atoms with Crippen LogP contribution in [-0.2, 0) is 0 Å². The Kier molecular flexibility index (Phi) is 5.85. The molecule has 1 aromatic rings. The standard InChI is InChI=1S/C13H23N3O2/c1-9(2)11(5-6-17)15-12-7-14-8-13(16-12)18-10(3)4/h7-11,17H,5-6H2,1-4H3,(H,15,16). The van der Waals surface area contributed by atoms with Crippen LogP contribution < -0.4 is 10.1 Å². The summed E-state index contributed by atoms with van der Waals surface area (Å²) in [6, 6.07) is 0.179. The number of aromatic nitrogens is 2. The van der Waals surface area contributed by atoms with E-state index < -0.39 is 0 Å². The number of rotatable bonds is 7. The van der Waals surface area contributed by atoms with E-state index in [1.165, 1.54) is 0 Å². The molecule has 1 aromatic heterocycles. The number of aliphatic hydroxyl groups excluding tert-OH is 1. The molecule has 2 N–H and O–H groups in total. The van der Waals surface area contributed by atoms with Crippen LogP contribution in [-0.4, -0.2) is 33.8 Å². The first-order chi connectivity index (χ1) is 8.52. The van der Waals surface area contributed by atoms with Gasteiger partial charge in [0.05, 0.1) is 18.5 Å². The molecule has 5 nitrogen and oxygen atoms in total. The molecule has 0 fully saturated rings. The predicted molar refractivity (Wildman–Crippen MR) is 71.7 cm³/mol. The molecule has 102 valence electrons. The highest BCUT2D eigenvalue weighted by molar-refractivity contribution is 5.34. The Labute approximate surface area is 109 Å². The smallest absolute Gasteiger partial charge is 0.234 e. The van der Waals surface area contributed by atoms with Gasteiger partial charge in [-0.2, -0.15) is 4.98 Å². The normalized spacial score (nSPS) is 12.8. The average Bonchev–Trinajstić information content (AvgIpc) is 2.28. The number of nitrogens with one attached hydrogen (secondary N) is 1. The molecule has 1 unspecified atom stereocenters. The van der Waals surface area contributed by atoms with Crippen molar-refractivity contribution < 1.29 is 9.84 Å². The van der Waals surface area contributed by atoms with Gasteiger partial charge >= 0.3 is 0 Å². The highest BCUT2D eigenvalue weighted by Gasteiger charge is 2.13. The molecule has 0 aromatic carbocycles. The molecular formula is C13H23N3O2. The zero-order valence-corrected chi connectivity index (χ0v) is 11.6. The van der Waals surface area contributed by atoms with Gasteiger partial charge in [-0.15, -0.1) is 0 Å². The summed E-state index contributed by atoms with van der Waals surface area (Å²) >= 11 is 0. The molecule has 0 amide bonds. The lowest BCUT2D eigenvalue weighted by Gasteiger charge is -2.22. The molecule has 0 bridgehead atoms. The second kappa shape index (κ2) is 7.16. The fourth-order valence-electron chi connectivity index (χ4n) is 1.62. The molecule has 1 rings (SSSR count). The van der Waals surface area contributed by atoms with Gasteiger partial charge in [-0.05, 0) is 26.2 Å². The van der Waals surface area contributed by atoms with Crippen molar-refractivity contribution in [3.63, 3.8) is 0 Å². The summed E-state index contributed by atoms with van der Waals surface area (Å²) in [4.78, 5) is 8.44. The summed E-state index contributed by atoms with van der Waals surface area (Å²) in [5.74, 6) is 1.61. The van der Waals surface area contributed by atoms with Gasteiger partial charge in [-0.3, -0.25) is 4.98 Å². The fourth-order valence-corrected chi connectivity index (χ4v) is 1.62. The topological polar surface area (TPSA) is 67.3 Å². The van der Waals surface area contributed by atoms with Crippen LogP contribution in [0, 0.1) is 5.92 Å². The van der Waals surface area contributed by atoms with Crippen LogP contribution in [0.5, 0.6) is 5.88 Å². The third kappa shape index (κ3) is 4.87. The van der Waals surface area contributed by atoms with Crippen molar-refractivity contribution in [1.29, 1.82) is 0 Å². The van der Waals surface area contributed by atoms with Gasteiger partial charge in [0.1, 0.15) is 5.82 Å². The molecule has 0 aliphatic carbocycles. The zero-order chi connectivity index (χ0) is 13.5. The van der Waals surface area contributed by atoms with Crippen LogP contribution in [0.25, 0.3) is 0 Å². The first-order valence-corrected chi connectivity index (χ1v) is 6.39. The van der Waals surface area contributed by atoms with Crippen LogP contribution in [0.4, 0.5) is 5.82 Å². The Bertz CT molecular complexity index is 356. The molecule has 1 atom stereocenters. The monoisotopic (exact) mass is 253 g/mol. The van der Waals surface area contributed by atoms with E-state index in [1.54, 1.807) is 12.4 Å². The van der Waals surface area contributed by atoms with E-state index in [4.69, 9.17) is 9.84 Å². The molecule has 0 aliphatic heterocycles. The van der Waals surface area contributed by atoms with Crippen molar-refractivity contribution in [3.8, 4) is 5.88 Å².